The summed E-state index contributed by atoms with van der Waals surface area (Å²) in [5.41, 5.74) is 0. The highest BCUT2D eigenvalue weighted by Gasteiger charge is 2.31. The van der Waals surface area contributed by atoms with Crippen molar-refractivity contribution >= 4 is 44.9 Å². The highest BCUT2D eigenvalue weighted by molar-refractivity contribution is 9.11. The van der Waals surface area contributed by atoms with E-state index < -0.39 is 0 Å². The van der Waals surface area contributed by atoms with Crippen LogP contribution in [0.1, 0.15) is 9.67 Å². The third-order valence-corrected chi connectivity index (χ3v) is 6.12. The fourth-order valence-corrected chi connectivity index (χ4v) is 5.09. The maximum atomic E-state index is 11.2. The van der Waals surface area contributed by atoms with Crippen molar-refractivity contribution in [3.8, 4) is 32.8 Å². The van der Waals surface area contributed by atoms with Crippen LogP contribution in [0.25, 0.3) is 9.75 Å². The van der Waals surface area contributed by atoms with Gasteiger partial charge in [-0.25, -0.2) is 0 Å². The molecule has 4 rings (SSSR count). The highest BCUT2D eigenvalue weighted by Crippen LogP contribution is 2.58. The third-order valence-electron chi connectivity index (χ3n) is 3.10. The molecular weight excluding hydrogens is 380 g/mol. The van der Waals surface area contributed by atoms with Crippen molar-refractivity contribution in [2.45, 2.75) is 0 Å². The number of hydrogen-bond donors (Lipinski definition) is 0. The Labute approximate surface area is 136 Å². The summed E-state index contributed by atoms with van der Waals surface area (Å²) >= 11 is 6.35. The number of carbonyl (C=O) groups excluding carboxylic acids is 1. The minimum absolute atomic E-state index is 0.454. The lowest BCUT2D eigenvalue weighted by Crippen LogP contribution is -2.15. The minimum Gasteiger partial charge on any atom is -0.485 e. The van der Waals surface area contributed by atoms with Crippen LogP contribution in [0.5, 0.6) is 23.0 Å². The number of halogens is 1. The molecule has 0 saturated heterocycles. The number of thiophene rings is 2. The standard InChI is InChI=1S/C13H9BrO5S2/c14-13-10-9(18-3-4-19-10)12(21-13)11-8-7(6(5-15)20-11)16-1-2-17-8/h5H,1-4H2. The summed E-state index contributed by atoms with van der Waals surface area (Å²) in [6.45, 7) is 1.97. The molecule has 0 unspecified atom stereocenters. The second-order valence-electron chi connectivity index (χ2n) is 4.33. The van der Waals surface area contributed by atoms with Gasteiger partial charge >= 0.3 is 0 Å². The van der Waals surface area contributed by atoms with E-state index in [1.807, 2.05) is 0 Å². The molecule has 0 aromatic carbocycles. The molecule has 8 heteroatoms. The first-order chi connectivity index (χ1) is 10.3. The van der Waals surface area contributed by atoms with Gasteiger partial charge in [-0.1, -0.05) is 0 Å². The van der Waals surface area contributed by atoms with E-state index in [1.165, 1.54) is 22.7 Å². The molecule has 21 heavy (non-hydrogen) atoms. The quantitative estimate of drug-likeness (QED) is 0.735. The van der Waals surface area contributed by atoms with Crippen LogP contribution in [0.2, 0.25) is 0 Å². The molecule has 0 atom stereocenters. The molecule has 0 spiro atoms. The first-order valence-electron chi connectivity index (χ1n) is 6.25. The van der Waals surface area contributed by atoms with Crippen molar-refractivity contribution in [3.05, 3.63) is 8.66 Å². The summed E-state index contributed by atoms with van der Waals surface area (Å²) < 4.78 is 23.5. The number of aldehydes is 1. The predicted octanol–water partition coefficient (Wildman–Crippen LogP) is 3.59. The average Bonchev–Trinajstić information content (AvgIpc) is 3.06. The van der Waals surface area contributed by atoms with Crippen LogP contribution >= 0.6 is 38.6 Å². The topological polar surface area (TPSA) is 54.0 Å². The Bertz CT molecular complexity index is 721. The van der Waals surface area contributed by atoms with E-state index in [-0.39, 0.29) is 0 Å². The van der Waals surface area contributed by atoms with E-state index in [0.717, 1.165) is 19.8 Å². The Kier molecular flexibility index (Phi) is 3.31. The Hall–Kier alpha value is -1.25. The Morgan fingerprint density at radius 3 is 2.00 bits per heavy atom. The number of ether oxygens (including phenoxy) is 4. The molecule has 0 N–H and O–H groups in total. The first-order valence-corrected chi connectivity index (χ1v) is 8.68. The zero-order valence-corrected chi connectivity index (χ0v) is 13.9. The summed E-state index contributed by atoms with van der Waals surface area (Å²) in [5, 5.41) is 0. The molecular formula is C13H9BrO5S2. The third kappa shape index (κ3) is 2.04. The second-order valence-corrected chi connectivity index (χ2v) is 7.72. The zero-order valence-electron chi connectivity index (χ0n) is 10.6. The fraction of sp³-hybridized carbons (Fsp3) is 0.308. The summed E-state index contributed by atoms with van der Waals surface area (Å²) in [6, 6.07) is 0. The summed E-state index contributed by atoms with van der Waals surface area (Å²) in [5.74, 6) is 2.58. The molecule has 0 amide bonds. The maximum absolute atomic E-state index is 11.2. The molecule has 0 bridgehead atoms. The molecule has 4 heterocycles. The second kappa shape index (κ2) is 5.19. The van der Waals surface area contributed by atoms with Gasteiger partial charge < -0.3 is 18.9 Å². The molecule has 2 aromatic rings. The zero-order chi connectivity index (χ0) is 14.4. The molecule has 5 nitrogen and oxygen atoms in total. The Balaban J connectivity index is 1.91. The van der Waals surface area contributed by atoms with Crippen LogP contribution in [0.3, 0.4) is 0 Å². The van der Waals surface area contributed by atoms with Gasteiger partial charge in [-0.15, -0.1) is 22.7 Å². The van der Waals surface area contributed by atoms with E-state index >= 15 is 0 Å². The van der Waals surface area contributed by atoms with E-state index in [0.29, 0.717) is 54.3 Å². The van der Waals surface area contributed by atoms with Gasteiger partial charge in [0.2, 0.25) is 0 Å². The van der Waals surface area contributed by atoms with Crippen LogP contribution in [-0.4, -0.2) is 32.7 Å². The van der Waals surface area contributed by atoms with E-state index in [9.17, 15) is 4.79 Å². The predicted molar refractivity (Wildman–Crippen MR) is 82.7 cm³/mol. The Morgan fingerprint density at radius 1 is 0.810 bits per heavy atom. The minimum atomic E-state index is 0.454. The van der Waals surface area contributed by atoms with Crippen LogP contribution < -0.4 is 18.9 Å². The van der Waals surface area contributed by atoms with Crippen molar-refractivity contribution in [1.82, 2.24) is 0 Å². The van der Waals surface area contributed by atoms with E-state index in [1.54, 1.807) is 0 Å². The average molecular weight is 389 g/mol. The number of rotatable bonds is 2. The lowest BCUT2D eigenvalue weighted by Gasteiger charge is -2.18. The normalized spacial score (nSPS) is 15.9. The summed E-state index contributed by atoms with van der Waals surface area (Å²) in [6.07, 6.45) is 0.800. The van der Waals surface area contributed by atoms with Crippen LogP contribution in [0.15, 0.2) is 3.79 Å². The number of hydrogen-bond acceptors (Lipinski definition) is 7. The van der Waals surface area contributed by atoms with E-state index in [2.05, 4.69) is 15.9 Å². The van der Waals surface area contributed by atoms with Crippen molar-refractivity contribution in [2.75, 3.05) is 26.4 Å². The van der Waals surface area contributed by atoms with Crippen molar-refractivity contribution in [1.29, 1.82) is 0 Å². The number of fused-ring (bicyclic) bond motifs is 2. The lowest BCUT2D eigenvalue weighted by atomic mass is 10.3. The molecule has 110 valence electrons. The smallest absolute Gasteiger partial charge is 0.187 e. The molecule has 0 saturated carbocycles. The van der Waals surface area contributed by atoms with Crippen molar-refractivity contribution in [2.24, 2.45) is 0 Å². The van der Waals surface area contributed by atoms with Crippen LogP contribution in [0.4, 0.5) is 0 Å². The Morgan fingerprint density at radius 2 is 1.33 bits per heavy atom. The molecule has 0 fully saturated rings. The van der Waals surface area contributed by atoms with E-state index in [4.69, 9.17) is 18.9 Å². The van der Waals surface area contributed by atoms with Crippen LogP contribution in [-0.2, 0) is 0 Å². The van der Waals surface area contributed by atoms with Gasteiger partial charge in [0, 0.05) is 0 Å². The molecule has 0 radical (unpaired) electrons. The van der Waals surface area contributed by atoms with Gasteiger partial charge in [-0.05, 0) is 15.9 Å². The molecule has 2 aliphatic rings. The monoisotopic (exact) mass is 388 g/mol. The van der Waals surface area contributed by atoms with Gasteiger partial charge in [0.1, 0.15) is 35.1 Å². The van der Waals surface area contributed by atoms with Gasteiger partial charge in [-0.2, -0.15) is 0 Å². The highest BCUT2D eigenvalue weighted by atomic mass is 79.9. The van der Waals surface area contributed by atoms with Crippen LogP contribution in [0, 0.1) is 0 Å². The molecule has 2 aliphatic heterocycles. The maximum Gasteiger partial charge on any atom is 0.187 e. The fourth-order valence-electron chi connectivity index (χ4n) is 2.26. The van der Waals surface area contributed by atoms with Crippen molar-refractivity contribution < 1.29 is 23.7 Å². The lowest BCUT2D eigenvalue weighted by molar-refractivity contribution is 0.111. The van der Waals surface area contributed by atoms with Gasteiger partial charge in [-0.3, -0.25) is 4.79 Å². The summed E-state index contributed by atoms with van der Waals surface area (Å²) in [4.78, 5) is 13.5. The summed E-state index contributed by atoms with van der Waals surface area (Å²) in [7, 11) is 0. The largest absolute Gasteiger partial charge is 0.485 e. The van der Waals surface area contributed by atoms with Gasteiger partial charge in [0.05, 0.1) is 9.75 Å². The first kappa shape index (κ1) is 13.4. The molecule has 0 aliphatic carbocycles. The van der Waals surface area contributed by atoms with Gasteiger partial charge in [0.25, 0.3) is 0 Å². The SMILES string of the molecule is O=Cc1sc(-c2sc(Br)c3c2OCCO3)c2c1OCCO2. The molecule has 2 aromatic heterocycles. The number of carbonyl (C=O) groups is 1. The van der Waals surface area contributed by atoms with Crippen molar-refractivity contribution in [3.63, 3.8) is 0 Å². The van der Waals surface area contributed by atoms with Gasteiger partial charge in [0.15, 0.2) is 29.3 Å².